The van der Waals surface area contributed by atoms with Gasteiger partial charge in [-0.05, 0) is 17.7 Å². The van der Waals surface area contributed by atoms with Gasteiger partial charge < -0.3 is 0 Å². The van der Waals surface area contributed by atoms with Gasteiger partial charge in [0.25, 0.3) is 0 Å². The predicted octanol–water partition coefficient (Wildman–Crippen LogP) is 1.73. The van der Waals surface area contributed by atoms with E-state index >= 15 is 0 Å². The molecule has 0 aromatic carbocycles. The lowest BCUT2D eigenvalue weighted by molar-refractivity contribution is -0.117. The minimum Gasteiger partial charge on any atom is -0.295 e. The van der Waals surface area contributed by atoms with Crippen molar-refractivity contribution in [3.05, 3.63) is 22.2 Å². The minimum atomic E-state index is -0.120. The van der Waals surface area contributed by atoms with Crippen molar-refractivity contribution in [3.8, 4) is 6.07 Å². The average molecular weight is 289 g/mol. The molecule has 1 saturated heterocycles. The molecule has 0 saturated carbocycles. The van der Waals surface area contributed by atoms with Gasteiger partial charge in [0, 0.05) is 24.4 Å². The summed E-state index contributed by atoms with van der Waals surface area (Å²) in [6, 6.07) is 1.99. The summed E-state index contributed by atoms with van der Waals surface area (Å²) < 4.78 is 0. The van der Waals surface area contributed by atoms with Gasteiger partial charge in [-0.2, -0.15) is 5.26 Å². The van der Waals surface area contributed by atoms with Gasteiger partial charge in [-0.25, -0.2) is 9.97 Å². The van der Waals surface area contributed by atoms with E-state index in [9.17, 15) is 4.79 Å². The number of nitrogens with zero attached hydrogens (tertiary/aromatic N) is 7. The maximum atomic E-state index is 12.0. The van der Waals surface area contributed by atoms with Gasteiger partial charge in [-0.3, -0.25) is 9.69 Å². The van der Waals surface area contributed by atoms with Gasteiger partial charge in [0.1, 0.15) is 11.6 Å². The lowest BCUT2D eigenvalue weighted by Gasteiger charge is -2.16. The Morgan fingerprint density at radius 1 is 1.75 bits per heavy atom. The Hall–Kier alpha value is -2.30. The van der Waals surface area contributed by atoms with Crippen LogP contribution < -0.4 is 4.90 Å². The van der Waals surface area contributed by atoms with Crippen molar-refractivity contribution in [2.75, 3.05) is 24.2 Å². The maximum Gasteiger partial charge on any atom is 0.228 e. The number of rotatable bonds is 4. The number of aromatic nitrogens is 2. The second-order valence-electron chi connectivity index (χ2n) is 4.19. The highest BCUT2D eigenvalue weighted by molar-refractivity contribution is 7.98. The lowest BCUT2D eigenvalue weighted by atomic mass is 10.1. The van der Waals surface area contributed by atoms with E-state index in [1.54, 1.807) is 0 Å². The van der Waals surface area contributed by atoms with Crippen LogP contribution >= 0.6 is 11.8 Å². The van der Waals surface area contributed by atoms with E-state index < -0.39 is 0 Å². The summed E-state index contributed by atoms with van der Waals surface area (Å²) in [7, 11) is 0. The van der Waals surface area contributed by atoms with Gasteiger partial charge >= 0.3 is 0 Å². The first-order valence-corrected chi connectivity index (χ1v) is 7.04. The van der Waals surface area contributed by atoms with E-state index in [4.69, 9.17) is 10.8 Å². The molecular formula is C11H11N7OS. The Bertz CT molecular complexity index is 620. The van der Waals surface area contributed by atoms with E-state index in [-0.39, 0.29) is 23.9 Å². The molecule has 1 aromatic heterocycles. The number of amides is 1. The molecule has 2 rings (SSSR count). The number of carbonyl (C=O) groups excluding carboxylic acids is 1. The molecular weight excluding hydrogens is 278 g/mol. The Labute approximate surface area is 119 Å². The first-order chi connectivity index (χ1) is 9.69. The molecule has 1 amide bonds. The van der Waals surface area contributed by atoms with Crippen molar-refractivity contribution >= 4 is 23.5 Å². The van der Waals surface area contributed by atoms with Crippen LogP contribution in [-0.4, -0.2) is 35.2 Å². The zero-order valence-electron chi connectivity index (χ0n) is 10.7. The van der Waals surface area contributed by atoms with Crippen LogP contribution in [0.1, 0.15) is 12.0 Å². The third kappa shape index (κ3) is 2.82. The van der Waals surface area contributed by atoms with E-state index in [0.717, 1.165) is 0 Å². The number of nitriles is 1. The summed E-state index contributed by atoms with van der Waals surface area (Å²) in [6.45, 7) is 0.665. The van der Waals surface area contributed by atoms with E-state index in [1.807, 2.05) is 12.3 Å². The smallest absolute Gasteiger partial charge is 0.228 e. The highest BCUT2D eigenvalue weighted by atomic mass is 32.2. The second-order valence-corrected chi connectivity index (χ2v) is 4.97. The van der Waals surface area contributed by atoms with Crippen LogP contribution in [0.2, 0.25) is 0 Å². The Kier molecular flexibility index (Phi) is 4.40. The molecule has 0 spiro atoms. The molecule has 2 heterocycles. The van der Waals surface area contributed by atoms with Gasteiger partial charge in [0.2, 0.25) is 5.91 Å². The number of anilines is 1. The zero-order valence-corrected chi connectivity index (χ0v) is 11.5. The van der Waals surface area contributed by atoms with Crippen molar-refractivity contribution in [3.63, 3.8) is 0 Å². The maximum absolute atomic E-state index is 12.0. The first kappa shape index (κ1) is 14.1. The van der Waals surface area contributed by atoms with E-state index in [2.05, 4.69) is 20.0 Å². The van der Waals surface area contributed by atoms with Gasteiger partial charge in [-0.1, -0.05) is 16.9 Å². The lowest BCUT2D eigenvalue weighted by Crippen LogP contribution is -2.27. The fraction of sp³-hybridized carbons (Fsp3) is 0.455. The molecule has 0 aliphatic carbocycles. The minimum absolute atomic E-state index is 0.0439. The third-order valence-corrected chi connectivity index (χ3v) is 3.48. The average Bonchev–Trinajstić information content (AvgIpc) is 2.85. The molecule has 102 valence electrons. The van der Waals surface area contributed by atoms with E-state index in [1.165, 1.54) is 22.9 Å². The van der Waals surface area contributed by atoms with Crippen molar-refractivity contribution in [2.24, 2.45) is 11.0 Å². The van der Waals surface area contributed by atoms with Gasteiger partial charge in [0.05, 0.1) is 6.20 Å². The Morgan fingerprint density at radius 2 is 2.55 bits per heavy atom. The number of hydrogen-bond donors (Lipinski definition) is 0. The molecule has 1 atom stereocenters. The fourth-order valence-corrected chi connectivity index (χ4v) is 2.34. The van der Waals surface area contributed by atoms with Crippen LogP contribution in [0.3, 0.4) is 0 Å². The largest absolute Gasteiger partial charge is 0.295 e. The van der Waals surface area contributed by atoms with Crippen molar-refractivity contribution in [1.82, 2.24) is 9.97 Å². The molecule has 8 nitrogen and oxygen atoms in total. The van der Waals surface area contributed by atoms with Crippen molar-refractivity contribution in [2.45, 2.75) is 11.6 Å². The van der Waals surface area contributed by atoms with Crippen LogP contribution in [0, 0.1) is 17.2 Å². The summed E-state index contributed by atoms with van der Waals surface area (Å²) in [5, 5.41) is 13.1. The second kappa shape index (κ2) is 6.23. The normalized spacial score (nSPS) is 17.7. The summed E-state index contributed by atoms with van der Waals surface area (Å²) >= 11 is 1.34. The van der Waals surface area contributed by atoms with Crippen LogP contribution in [0.5, 0.6) is 0 Å². The third-order valence-electron chi connectivity index (χ3n) is 2.91. The Morgan fingerprint density at radius 3 is 3.20 bits per heavy atom. The Balaban J connectivity index is 2.29. The van der Waals surface area contributed by atoms with Gasteiger partial charge in [0.15, 0.2) is 11.0 Å². The zero-order chi connectivity index (χ0) is 14.5. The summed E-state index contributed by atoms with van der Waals surface area (Å²) in [6.07, 6.45) is 3.53. The molecule has 20 heavy (non-hydrogen) atoms. The number of azide groups is 1. The topological polar surface area (TPSA) is 119 Å². The van der Waals surface area contributed by atoms with Crippen LogP contribution in [0.25, 0.3) is 10.4 Å². The highest BCUT2D eigenvalue weighted by Crippen LogP contribution is 2.27. The summed E-state index contributed by atoms with van der Waals surface area (Å²) in [5.41, 5.74) is 8.58. The molecule has 0 radical (unpaired) electrons. The number of hydrogen-bond acceptors (Lipinski definition) is 6. The van der Waals surface area contributed by atoms with Crippen LogP contribution in [-0.2, 0) is 4.79 Å². The molecule has 0 bridgehead atoms. The summed E-state index contributed by atoms with van der Waals surface area (Å²) in [5.74, 6) is 0.170. The molecule has 1 aliphatic rings. The molecule has 1 aliphatic heterocycles. The molecule has 1 aromatic rings. The van der Waals surface area contributed by atoms with Crippen molar-refractivity contribution in [1.29, 1.82) is 5.26 Å². The molecule has 0 N–H and O–H groups in total. The monoisotopic (exact) mass is 289 g/mol. The van der Waals surface area contributed by atoms with E-state index in [0.29, 0.717) is 23.9 Å². The van der Waals surface area contributed by atoms with Crippen molar-refractivity contribution < 1.29 is 4.79 Å². The summed E-state index contributed by atoms with van der Waals surface area (Å²) in [4.78, 5) is 24.5. The predicted molar refractivity (Wildman–Crippen MR) is 73.0 cm³/mol. The first-order valence-electron chi connectivity index (χ1n) is 5.82. The fourth-order valence-electron chi connectivity index (χ4n) is 2.00. The molecule has 1 fully saturated rings. The number of carbonyl (C=O) groups is 1. The molecule has 1 unspecified atom stereocenters. The highest BCUT2D eigenvalue weighted by Gasteiger charge is 2.32. The molecule has 9 heteroatoms. The van der Waals surface area contributed by atoms with Crippen LogP contribution in [0.15, 0.2) is 16.5 Å². The SMILES string of the molecule is CSc1ncc(C#N)c(N2CC(CN=[N+]=[N-])CC2=O)n1. The standard InChI is InChI=1S/C11H11N7OS/c1-20-11-14-5-8(3-12)10(16-11)18-6-7(2-9(18)19)4-15-17-13/h5,7H,2,4,6H2,1H3. The van der Waals surface area contributed by atoms with Gasteiger partial charge in [-0.15, -0.1) is 0 Å². The number of thioether (sulfide) groups is 1. The van der Waals surface area contributed by atoms with Crippen LogP contribution in [0.4, 0.5) is 5.82 Å². The quantitative estimate of drug-likeness (QED) is 0.275.